The Kier molecular flexibility index (Phi) is 9.23. The number of carbonyl (C=O) groups is 4. The zero-order valence-electron chi connectivity index (χ0n) is 17.7. The molecule has 10 heteroatoms. The topological polar surface area (TPSA) is 96.0 Å². The molecule has 1 aliphatic rings. The van der Waals surface area contributed by atoms with Crippen molar-refractivity contribution in [3.63, 3.8) is 0 Å². The van der Waals surface area contributed by atoms with Crippen molar-refractivity contribution in [1.82, 2.24) is 15.1 Å². The van der Waals surface area contributed by atoms with Crippen molar-refractivity contribution in [2.75, 3.05) is 39.8 Å². The number of rotatable bonds is 8. The molecule has 1 N–H and O–H groups in total. The lowest BCUT2D eigenvalue weighted by Gasteiger charge is -2.32. The first-order valence-corrected chi connectivity index (χ1v) is 10.5. The summed E-state index contributed by atoms with van der Waals surface area (Å²) in [6, 6.07) is 3.43. The van der Waals surface area contributed by atoms with Crippen LogP contribution in [0.1, 0.15) is 36.5 Å². The van der Waals surface area contributed by atoms with Gasteiger partial charge in [0, 0.05) is 33.1 Å². The number of benzene rings is 1. The number of hydrogen-bond acceptors (Lipinski definition) is 5. The summed E-state index contributed by atoms with van der Waals surface area (Å²) in [5.74, 6) is -1.98. The Hall–Kier alpha value is -2.68. The quantitative estimate of drug-likeness (QED) is 0.603. The monoisotopic (exact) mass is 455 g/mol. The molecule has 0 atom stereocenters. The van der Waals surface area contributed by atoms with Gasteiger partial charge in [-0.15, -0.1) is 0 Å². The molecule has 1 aromatic carbocycles. The summed E-state index contributed by atoms with van der Waals surface area (Å²) in [5.41, 5.74) is 0.116. The predicted molar refractivity (Wildman–Crippen MR) is 112 cm³/mol. The van der Waals surface area contributed by atoms with Crippen molar-refractivity contribution in [2.24, 2.45) is 5.92 Å². The lowest BCUT2D eigenvalue weighted by atomic mass is 9.97. The minimum Gasteiger partial charge on any atom is -0.466 e. The second-order valence-corrected chi connectivity index (χ2v) is 7.69. The summed E-state index contributed by atoms with van der Waals surface area (Å²) in [6.07, 6.45) is 1.08. The number of carbonyl (C=O) groups excluding carboxylic acids is 4. The first-order chi connectivity index (χ1) is 14.7. The number of piperidine rings is 1. The Bertz CT molecular complexity index is 827. The smallest absolute Gasteiger partial charge is 0.309 e. The van der Waals surface area contributed by atoms with Gasteiger partial charge in [0.2, 0.25) is 11.8 Å². The van der Waals surface area contributed by atoms with E-state index in [0.717, 1.165) is 12.1 Å². The maximum Gasteiger partial charge on any atom is 0.309 e. The fraction of sp³-hybridized carbons (Fsp3) is 0.524. The van der Waals surface area contributed by atoms with Crippen LogP contribution < -0.4 is 5.32 Å². The van der Waals surface area contributed by atoms with Crippen molar-refractivity contribution in [2.45, 2.75) is 26.2 Å². The maximum atomic E-state index is 13.1. The standard InChI is InChI=1S/C21H27ClFN3O5/c1-3-31-21(30)14-7-10-26(11-8-14)19(28)13-25(2)18(27)6-9-24-20(29)16-5-4-15(23)12-17(16)22/h4-5,12,14H,3,6-11,13H2,1-2H3,(H,24,29). The summed E-state index contributed by atoms with van der Waals surface area (Å²) in [4.78, 5) is 51.5. The van der Waals surface area contributed by atoms with E-state index in [1.807, 2.05) is 0 Å². The van der Waals surface area contributed by atoms with Crippen molar-refractivity contribution < 1.29 is 28.3 Å². The van der Waals surface area contributed by atoms with Crippen LogP contribution in [0.4, 0.5) is 4.39 Å². The van der Waals surface area contributed by atoms with Gasteiger partial charge in [0.1, 0.15) is 5.82 Å². The van der Waals surface area contributed by atoms with E-state index in [1.165, 1.54) is 18.0 Å². The van der Waals surface area contributed by atoms with Crippen LogP contribution in [0, 0.1) is 11.7 Å². The molecule has 0 aliphatic carbocycles. The van der Waals surface area contributed by atoms with E-state index >= 15 is 0 Å². The average molecular weight is 456 g/mol. The molecule has 0 radical (unpaired) electrons. The third kappa shape index (κ3) is 7.20. The Balaban J connectivity index is 1.72. The highest BCUT2D eigenvalue weighted by molar-refractivity contribution is 6.33. The van der Waals surface area contributed by atoms with E-state index in [0.29, 0.717) is 32.5 Å². The number of ether oxygens (including phenoxy) is 1. The third-order valence-electron chi connectivity index (χ3n) is 5.07. The molecule has 0 unspecified atom stereocenters. The molecule has 1 aliphatic heterocycles. The number of amides is 3. The van der Waals surface area contributed by atoms with E-state index in [2.05, 4.69) is 5.32 Å². The van der Waals surface area contributed by atoms with E-state index < -0.39 is 11.7 Å². The van der Waals surface area contributed by atoms with Gasteiger partial charge in [-0.25, -0.2) is 4.39 Å². The van der Waals surface area contributed by atoms with Crippen LogP contribution in [-0.4, -0.2) is 73.3 Å². The second-order valence-electron chi connectivity index (χ2n) is 7.29. The molecule has 170 valence electrons. The Morgan fingerprint density at radius 2 is 1.94 bits per heavy atom. The molecule has 8 nitrogen and oxygen atoms in total. The van der Waals surface area contributed by atoms with Crippen LogP contribution >= 0.6 is 11.6 Å². The van der Waals surface area contributed by atoms with Crippen LogP contribution in [0.15, 0.2) is 18.2 Å². The van der Waals surface area contributed by atoms with E-state index in [4.69, 9.17) is 16.3 Å². The van der Waals surface area contributed by atoms with Gasteiger partial charge in [-0.1, -0.05) is 11.6 Å². The highest BCUT2D eigenvalue weighted by atomic mass is 35.5. The molecule has 31 heavy (non-hydrogen) atoms. The van der Waals surface area contributed by atoms with Crippen molar-refractivity contribution in [3.05, 3.63) is 34.6 Å². The van der Waals surface area contributed by atoms with Crippen LogP contribution in [0.25, 0.3) is 0 Å². The number of likely N-dealkylation sites (N-methyl/N-ethyl adjacent to an activating group) is 1. The fourth-order valence-electron chi connectivity index (χ4n) is 3.26. The van der Waals surface area contributed by atoms with Gasteiger partial charge in [0.25, 0.3) is 5.91 Å². The molecular formula is C21H27ClFN3O5. The normalized spacial score (nSPS) is 14.1. The van der Waals surface area contributed by atoms with Gasteiger partial charge in [0.15, 0.2) is 0 Å². The number of halogens is 2. The number of likely N-dealkylation sites (tertiary alicyclic amines) is 1. The van der Waals surface area contributed by atoms with Crippen LogP contribution in [0.3, 0.4) is 0 Å². The number of hydrogen-bond donors (Lipinski definition) is 1. The first-order valence-electron chi connectivity index (χ1n) is 10.1. The zero-order valence-corrected chi connectivity index (χ0v) is 18.4. The molecule has 1 fully saturated rings. The molecular weight excluding hydrogens is 429 g/mol. The Morgan fingerprint density at radius 3 is 2.55 bits per heavy atom. The number of nitrogens with one attached hydrogen (secondary N) is 1. The summed E-state index contributed by atoms with van der Waals surface area (Å²) < 4.78 is 18.1. The van der Waals surface area contributed by atoms with E-state index in [-0.39, 0.29) is 53.8 Å². The summed E-state index contributed by atoms with van der Waals surface area (Å²) in [7, 11) is 1.52. The molecule has 1 heterocycles. The Morgan fingerprint density at radius 1 is 1.26 bits per heavy atom. The molecule has 1 aromatic rings. The fourth-order valence-corrected chi connectivity index (χ4v) is 3.51. The van der Waals surface area contributed by atoms with Crippen LogP contribution in [0.2, 0.25) is 5.02 Å². The van der Waals surface area contributed by atoms with Gasteiger partial charge in [-0.2, -0.15) is 0 Å². The van der Waals surface area contributed by atoms with Gasteiger partial charge < -0.3 is 19.9 Å². The van der Waals surface area contributed by atoms with Crippen molar-refractivity contribution in [3.8, 4) is 0 Å². The molecule has 1 saturated heterocycles. The van der Waals surface area contributed by atoms with E-state index in [1.54, 1.807) is 11.8 Å². The van der Waals surface area contributed by atoms with Crippen molar-refractivity contribution in [1.29, 1.82) is 0 Å². The second kappa shape index (κ2) is 11.6. The van der Waals surface area contributed by atoms with Gasteiger partial charge >= 0.3 is 5.97 Å². The minimum absolute atomic E-state index is 0.000728. The number of nitrogens with zero attached hydrogens (tertiary/aromatic N) is 2. The molecule has 0 saturated carbocycles. The van der Waals surface area contributed by atoms with Gasteiger partial charge in [-0.3, -0.25) is 19.2 Å². The lowest BCUT2D eigenvalue weighted by molar-refractivity contribution is -0.151. The minimum atomic E-state index is -0.548. The highest BCUT2D eigenvalue weighted by Crippen LogP contribution is 2.19. The largest absolute Gasteiger partial charge is 0.466 e. The Labute approximate surface area is 185 Å². The average Bonchev–Trinajstić information content (AvgIpc) is 2.73. The maximum absolute atomic E-state index is 13.1. The highest BCUT2D eigenvalue weighted by Gasteiger charge is 2.28. The molecule has 2 rings (SSSR count). The van der Waals surface area contributed by atoms with Gasteiger partial charge in [0.05, 0.1) is 29.7 Å². The van der Waals surface area contributed by atoms with E-state index in [9.17, 15) is 23.6 Å². The van der Waals surface area contributed by atoms with Crippen LogP contribution in [-0.2, 0) is 19.1 Å². The molecule has 0 spiro atoms. The first kappa shape index (κ1) is 24.6. The zero-order chi connectivity index (χ0) is 23.0. The lowest BCUT2D eigenvalue weighted by Crippen LogP contribution is -2.46. The summed E-state index contributed by atoms with van der Waals surface area (Å²) >= 11 is 5.85. The third-order valence-corrected chi connectivity index (χ3v) is 5.38. The summed E-state index contributed by atoms with van der Waals surface area (Å²) in [6.45, 7) is 2.95. The van der Waals surface area contributed by atoms with Gasteiger partial charge in [-0.05, 0) is 38.0 Å². The molecule has 0 bridgehead atoms. The number of esters is 1. The SMILES string of the molecule is CCOC(=O)C1CCN(C(=O)CN(C)C(=O)CCNC(=O)c2ccc(F)cc2Cl)CC1. The van der Waals surface area contributed by atoms with Crippen molar-refractivity contribution >= 4 is 35.3 Å². The van der Waals surface area contributed by atoms with Crippen LogP contribution in [0.5, 0.6) is 0 Å². The molecule has 0 aromatic heterocycles. The molecule has 3 amide bonds. The summed E-state index contributed by atoms with van der Waals surface area (Å²) in [5, 5.41) is 2.54. The predicted octanol–water partition coefficient (Wildman–Crippen LogP) is 1.86.